The summed E-state index contributed by atoms with van der Waals surface area (Å²) in [5, 5.41) is 4.11. The molecular weight excluding hydrogens is 286 g/mol. The molecule has 0 saturated carbocycles. The molecule has 1 amide bonds. The number of carbonyl (C=O) groups excluding carboxylic acids is 1. The number of rotatable bonds is 5. The number of likely N-dealkylation sites (tertiary alicyclic amines) is 1. The van der Waals surface area contributed by atoms with Crippen molar-refractivity contribution in [1.29, 1.82) is 0 Å². The van der Waals surface area contributed by atoms with Crippen LogP contribution in [-0.2, 0) is 0 Å². The van der Waals surface area contributed by atoms with Crippen LogP contribution in [0, 0.1) is 5.92 Å². The van der Waals surface area contributed by atoms with Crippen molar-refractivity contribution in [2.45, 2.75) is 19.8 Å². The number of aromatic amines is 1. The zero-order chi connectivity index (χ0) is 16.1. The van der Waals surface area contributed by atoms with Crippen LogP contribution >= 0.6 is 0 Å². The van der Waals surface area contributed by atoms with Gasteiger partial charge in [0.05, 0.1) is 5.56 Å². The summed E-state index contributed by atoms with van der Waals surface area (Å²) in [6.45, 7) is 6.06. The summed E-state index contributed by atoms with van der Waals surface area (Å²) in [7, 11) is 0. The summed E-state index contributed by atoms with van der Waals surface area (Å²) in [4.78, 5) is 18.1. The minimum Gasteiger partial charge on any atom is -0.360 e. The van der Waals surface area contributed by atoms with Crippen LogP contribution in [0.4, 0.5) is 0 Å². The quantitative estimate of drug-likeness (QED) is 0.833. The number of nitrogens with one attached hydrogen (secondary N) is 2. The zero-order valence-corrected chi connectivity index (χ0v) is 13.7. The Kier molecular flexibility index (Phi) is 5.13. The number of aromatic nitrogens is 1. The highest BCUT2D eigenvalue weighted by Crippen LogP contribution is 2.19. The third-order valence-corrected chi connectivity index (χ3v) is 4.59. The second-order valence-corrected chi connectivity index (χ2v) is 6.29. The molecule has 0 spiro atoms. The molecule has 2 aromatic rings. The van der Waals surface area contributed by atoms with E-state index in [2.05, 4.69) is 34.3 Å². The SMILES string of the molecule is C/C=C/CN1CCCC(CNC(=O)c2c[nH]c3ccccc23)C1. The largest absolute Gasteiger partial charge is 0.360 e. The van der Waals surface area contributed by atoms with Gasteiger partial charge in [0.15, 0.2) is 0 Å². The number of piperidine rings is 1. The van der Waals surface area contributed by atoms with Gasteiger partial charge in [-0.2, -0.15) is 0 Å². The fourth-order valence-electron chi connectivity index (χ4n) is 3.33. The average molecular weight is 311 g/mol. The van der Waals surface area contributed by atoms with Gasteiger partial charge in [-0.1, -0.05) is 30.4 Å². The number of nitrogens with zero attached hydrogens (tertiary/aromatic N) is 1. The number of hydrogen-bond donors (Lipinski definition) is 2. The Labute approximate surface area is 137 Å². The molecule has 23 heavy (non-hydrogen) atoms. The molecule has 1 atom stereocenters. The van der Waals surface area contributed by atoms with E-state index in [0.717, 1.165) is 42.6 Å². The summed E-state index contributed by atoms with van der Waals surface area (Å²) in [6.07, 6.45) is 8.51. The van der Waals surface area contributed by atoms with Gasteiger partial charge in [-0.15, -0.1) is 0 Å². The molecule has 2 heterocycles. The lowest BCUT2D eigenvalue weighted by Gasteiger charge is -2.32. The third-order valence-electron chi connectivity index (χ3n) is 4.59. The van der Waals surface area contributed by atoms with Crippen LogP contribution in [0.1, 0.15) is 30.1 Å². The summed E-state index contributed by atoms with van der Waals surface area (Å²) in [5.41, 5.74) is 1.75. The van der Waals surface area contributed by atoms with E-state index >= 15 is 0 Å². The summed E-state index contributed by atoms with van der Waals surface area (Å²) in [6, 6.07) is 7.92. The molecule has 0 bridgehead atoms. The molecule has 1 aromatic heterocycles. The van der Waals surface area contributed by atoms with Gasteiger partial charge < -0.3 is 10.3 Å². The normalized spacial score (nSPS) is 19.4. The van der Waals surface area contributed by atoms with Crippen molar-refractivity contribution >= 4 is 16.8 Å². The summed E-state index contributed by atoms with van der Waals surface area (Å²) < 4.78 is 0. The van der Waals surface area contributed by atoms with Gasteiger partial charge in [0.2, 0.25) is 0 Å². The molecule has 1 aliphatic rings. The first-order valence-corrected chi connectivity index (χ1v) is 8.45. The zero-order valence-electron chi connectivity index (χ0n) is 13.7. The van der Waals surface area contributed by atoms with Gasteiger partial charge >= 0.3 is 0 Å². The average Bonchev–Trinajstić information content (AvgIpc) is 3.02. The summed E-state index contributed by atoms with van der Waals surface area (Å²) in [5.74, 6) is 0.566. The van der Waals surface area contributed by atoms with E-state index in [1.54, 1.807) is 6.20 Å². The highest BCUT2D eigenvalue weighted by atomic mass is 16.1. The van der Waals surface area contributed by atoms with Crippen LogP contribution in [0.3, 0.4) is 0 Å². The monoisotopic (exact) mass is 311 g/mol. The van der Waals surface area contributed by atoms with Gasteiger partial charge in [-0.3, -0.25) is 9.69 Å². The van der Waals surface area contributed by atoms with Crippen molar-refractivity contribution in [2.75, 3.05) is 26.2 Å². The highest BCUT2D eigenvalue weighted by molar-refractivity contribution is 6.06. The van der Waals surface area contributed by atoms with Gasteiger partial charge in [0.1, 0.15) is 0 Å². The van der Waals surface area contributed by atoms with Gasteiger partial charge in [-0.25, -0.2) is 0 Å². The van der Waals surface area contributed by atoms with Gasteiger partial charge in [-0.05, 0) is 38.3 Å². The first-order valence-electron chi connectivity index (χ1n) is 8.45. The molecule has 3 rings (SSSR count). The molecule has 1 aromatic carbocycles. The molecular formula is C19H25N3O. The van der Waals surface area contributed by atoms with Crippen molar-refractivity contribution in [3.05, 3.63) is 48.2 Å². The number of para-hydroxylation sites is 1. The first-order chi connectivity index (χ1) is 11.3. The van der Waals surface area contributed by atoms with Crippen LogP contribution in [0.15, 0.2) is 42.6 Å². The lowest BCUT2D eigenvalue weighted by atomic mass is 9.98. The Morgan fingerprint density at radius 1 is 1.43 bits per heavy atom. The minimum atomic E-state index is 0.0213. The smallest absolute Gasteiger partial charge is 0.253 e. The second-order valence-electron chi connectivity index (χ2n) is 6.29. The highest BCUT2D eigenvalue weighted by Gasteiger charge is 2.20. The molecule has 4 heteroatoms. The fourth-order valence-corrected chi connectivity index (χ4v) is 3.33. The van der Waals surface area contributed by atoms with Crippen molar-refractivity contribution in [2.24, 2.45) is 5.92 Å². The minimum absolute atomic E-state index is 0.0213. The van der Waals surface area contributed by atoms with Crippen molar-refractivity contribution in [3.8, 4) is 0 Å². The van der Waals surface area contributed by atoms with Crippen molar-refractivity contribution in [1.82, 2.24) is 15.2 Å². The number of fused-ring (bicyclic) bond motifs is 1. The number of H-pyrrole nitrogens is 1. The maximum atomic E-state index is 12.5. The van der Waals surface area contributed by atoms with E-state index in [0.29, 0.717) is 5.92 Å². The number of hydrogen-bond acceptors (Lipinski definition) is 2. The number of benzene rings is 1. The molecule has 4 nitrogen and oxygen atoms in total. The van der Waals surface area contributed by atoms with E-state index in [9.17, 15) is 4.79 Å². The Bertz CT molecular complexity index is 689. The molecule has 1 aliphatic heterocycles. The second kappa shape index (κ2) is 7.47. The van der Waals surface area contributed by atoms with Gasteiger partial charge in [0.25, 0.3) is 5.91 Å². The first kappa shape index (κ1) is 15.8. The number of allylic oxidation sites excluding steroid dienone is 1. The molecule has 2 N–H and O–H groups in total. The van der Waals surface area contributed by atoms with E-state index in [4.69, 9.17) is 0 Å². The molecule has 0 radical (unpaired) electrons. The Morgan fingerprint density at radius 3 is 3.17 bits per heavy atom. The standard InChI is InChI=1S/C19H25N3O/c1-2-3-10-22-11-6-7-15(14-22)12-21-19(23)17-13-20-18-9-5-4-8-16(17)18/h2-5,8-9,13,15,20H,6-7,10-12,14H2,1H3,(H,21,23)/b3-2+. The fraction of sp³-hybridized carbons (Fsp3) is 0.421. The summed E-state index contributed by atoms with van der Waals surface area (Å²) >= 11 is 0. The van der Waals surface area contributed by atoms with E-state index in [-0.39, 0.29) is 5.91 Å². The Balaban J connectivity index is 1.56. The predicted molar refractivity (Wildman–Crippen MR) is 94.6 cm³/mol. The molecule has 1 unspecified atom stereocenters. The van der Waals surface area contributed by atoms with E-state index in [1.165, 1.54) is 12.8 Å². The molecule has 122 valence electrons. The molecule has 1 saturated heterocycles. The third kappa shape index (κ3) is 3.82. The van der Waals surface area contributed by atoms with Crippen LogP contribution in [0.5, 0.6) is 0 Å². The van der Waals surface area contributed by atoms with Crippen LogP contribution in [0.25, 0.3) is 10.9 Å². The topological polar surface area (TPSA) is 48.1 Å². The molecule has 0 aliphatic carbocycles. The van der Waals surface area contributed by atoms with E-state index < -0.39 is 0 Å². The van der Waals surface area contributed by atoms with Crippen molar-refractivity contribution in [3.63, 3.8) is 0 Å². The number of amides is 1. The van der Waals surface area contributed by atoms with Crippen LogP contribution in [-0.4, -0.2) is 42.0 Å². The Hall–Kier alpha value is -2.07. The molecule has 1 fully saturated rings. The van der Waals surface area contributed by atoms with E-state index in [1.807, 2.05) is 24.3 Å². The lowest BCUT2D eigenvalue weighted by Crippen LogP contribution is -2.40. The maximum absolute atomic E-state index is 12.5. The number of carbonyl (C=O) groups is 1. The van der Waals surface area contributed by atoms with Gasteiger partial charge in [0, 0.05) is 36.7 Å². The predicted octanol–water partition coefficient (Wildman–Crippen LogP) is 3.19. The van der Waals surface area contributed by atoms with Crippen LogP contribution < -0.4 is 5.32 Å². The lowest BCUT2D eigenvalue weighted by molar-refractivity contribution is 0.0936. The Morgan fingerprint density at radius 2 is 2.30 bits per heavy atom. The van der Waals surface area contributed by atoms with Crippen molar-refractivity contribution < 1.29 is 4.79 Å². The maximum Gasteiger partial charge on any atom is 0.253 e. The van der Waals surface area contributed by atoms with Crippen LogP contribution in [0.2, 0.25) is 0 Å².